The van der Waals surface area contributed by atoms with E-state index in [0.717, 1.165) is 41.8 Å². The van der Waals surface area contributed by atoms with E-state index < -0.39 is 5.97 Å². The van der Waals surface area contributed by atoms with Gasteiger partial charge in [0, 0.05) is 12.1 Å². The number of carbonyl (C=O) groups is 1. The second-order valence-corrected chi connectivity index (χ2v) is 6.84. The number of aromatic carboxylic acids is 1. The molecule has 0 atom stereocenters. The SMILES string of the molecule is CC1(C)CCc2nn(-c3ccccc3CNN)c(C(=O)O)c2C1. The van der Waals surface area contributed by atoms with E-state index in [9.17, 15) is 9.90 Å². The Morgan fingerprint density at radius 1 is 1.43 bits per heavy atom. The standard InChI is InChI=1S/C17H22N4O2/c1-17(2)8-7-13-12(9-17)15(16(22)23)21(20-13)14-6-4-3-5-11(14)10-19-18/h3-6,19H,7-10,18H2,1-2H3,(H,22,23). The Kier molecular flexibility index (Phi) is 3.95. The molecule has 1 heterocycles. The molecule has 0 unspecified atom stereocenters. The molecule has 3 rings (SSSR count). The Bertz CT molecular complexity index is 749. The van der Waals surface area contributed by atoms with Crippen molar-refractivity contribution in [3.05, 3.63) is 46.8 Å². The van der Waals surface area contributed by atoms with Crippen molar-refractivity contribution in [1.29, 1.82) is 0 Å². The third-order valence-electron chi connectivity index (χ3n) is 4.48. The van der Waals surface area contributed by atoms with Crippen molar-refractivity contribution in [2.75, 3.05) is 0 Å². The molecule has 0 saturated carbocycles. The van der Waals surface area contributed by atoms with Crippen molar-refractivity contribution in [3.63, 3.8) is 0 Å². The number of nitrogens with zero attached hydrogens (tertiary/aromatic N) is 2. The van der Waals surface area contributed by atoms with Crippen LogP contribution in [0.3, 0.4) is 0 Å². The molecule has 6 heteroatoms. The Morgan fingerprint density at radius 2 is 2.17 bits per heavy atom. The van der Waals surface area contributed by atoms with Gasteiger partial charge < -0.3 is 5.11 Å². The zero-order valence-corrected chi connectivity index (χ0v) is 13.5. The summed E-state index contributed by atoms with van der Waals surface area (Å²) in [5.41, 5.74) is 6.44. The van der Waals surface area contributed by atoms with Gasteiger partial charge in [-0.25, -0.2) is 9.48 Å². The number of nitrogens with two attached hydrogens (primary N) is 1. The van der Waals surface area contributed by atoms with Crippen molar-refractivity contribution in [3.8, 4) is 5.69 Å². The van der Waals surface area contributed by atoms with E-state index in [-0.39, 0.29) is 11.1 Å². The van der Waals surface area contributed by atoms with Gasteiger partial charge >= 0.3 is 5.97 Å². The van der Waals surface area contributed by atoms with Gasteiger partial charge in [0.15, 0.2) is 5.69 Å². The summed E-state index contributed by atoms with van der Waals surface area (Å²) in [4.78, 5) is 11.9. The zero-order valence-electron chi connectivity index (χ0n) is 13.5. The maximum atomic E-state index is 11.9. The fourth-order valence-electron chi connectivity index (χ4n) is 3.28. The van der Waals surface area contributed by atoms with Crippen molar-refractivity contribution in [1.82, 2.24) is 15.2 Å². The number of fused-ring (bicyclic) bond motifs is 1. The van der Waals surface area contributed by atoms with Gasteiger partial charge in [-0.2, -0.15) is 5.10 Å². The molecule has 6 nitrogen and oxygen atoms in total. The molecule has 0 amide bonds. The molecular formula is C17H22N4O2. The van der Waals surface area contributed by atoms with Crippen LogP contribution in [0.4, 0.5) is 0 Å². The molecule has 0 fully saturated rings. The van der Waals surface area contributed by atoms with Crippen LogP contribution in [-0.2, 0) is 19.4 Å². The molecule has 0 aliphatic heterocycles. The van der Waals surface area contributed by atoms with Crippen LogP contribution in [0.2, 0.25) is 0 Å². The number of hydrazine groups is 1. The summed E-state index contributed by atoms with van der Waals surface area (Å²) in [5, 5.41) is 14.4. The lowest BCUT2D eigenvalue weighted by molar-refractivity contribution is 0.0685. The number of hydrogen-bond donors (Lipinski definition) is 3. The summed E-state index contributed by atoms with van der Waals surface area (Å²) >= 11 is 0. The predicted octanol–water partition coefficient (Wildman–Crippen LogP) is 2.05. The molecule has 1 aromatic heterocycles. The first-order chi connectivity index (χ1) is 10.9. The maximum Gasteiger partial charge on any atom is 0.354 e. The number of para-hydroxylation sites is 1. The Balaban J connectivity index is 2.18. The summed E-state index contributed by atoms with van der Waals surface area (Å²) in [6.45, 7) is 4.79. The minimum absolute atomic E-state index is 0.101. The first-order valence-electron chi connectivity index (χ1n) is 7.79. The molecule has 1 aromatic carbocycles. The topological polar surface area (TPSA) is 93.2 Å². The number of carboxylic acid groups (broad SMARTS) is 1. The highest BCUT2D eigenvalue weighted by atomic mass is 16.4. The van der Waals surface area contributed by atoms with E-state index >= 15 is 0 Å². The van der Waals surface area contributed by atoms with E-state index in [2.05, 4.69) is 24.4 Å². The highest BCUT2D eigenvalue weighted by Crippen LogP contribution is 2.37. The molecule has 2 aromatic rings. The van der Waals surface area contributed by atoms with Crippen molar-refractivity contribution < 1.29 is 9.90 Å². The Morgan fingerprint density at radius 3 is 2.87 bits per heavy atom. The van der Waals surface area contributed by atoms with Crippen molar-refractivity contribution in [2.45, 2.75) is 39.7 Å². The molecule has 0 saturated heterocycles. The predicted molar refractivity (Wildman–Crippen MR) is 87.4 cm³/mol. The first kappa shape index (κ1) is 15.7. The number of aryl methyl sites for hydroxylation is 1. The number of carboxylic acids is 1. The summed E-state index contributed by atoms with van der Waals surface area (Å²) in [6.07, 6.45) is 2.57. The van der Waals surface area contributed by atoms with Gasteiger partial charge in [-0.1, -0.05) is 32.0 Å². The van der Waals surface area contributed by atoms with E-state index in [0.29, 0.717) is 6.54 Å². The lowest BCUT2D eigenvalue weighted by atomic mass is 9.76. The third kappa shape index (κ3) is 2.87. The second-order valence-electron chi connectivity index (χ2n) is 6.84. The quantitative estimate of drug-likeness (QED) is 0.593. The van der Waals surface area contributed by atoms with Crippen LogP contribution >= 0.6 is 0 Å². The molecule has 122 valence electrons. The largest absolute Gasteiger partial charge is 0.476 e. The van der Waals surface area contributed by atoms with Crippen LogP contribution in [-0.4, -0.2) is 20.9 Å². The molecule has 1 aliphatic carbocycles. The average molecular weight is 314 g/mol. The van der Waals surface area contributed by atoms with Crippen molar-refractivity contribution >= 4 is 5.97 Å². The van der Waals surface area contributed by atoms with Gasteiger partial charge in [0.25, 0.3) is 0 Å². The zero-order chi connectivity index (χ0) is 16.6. The lowest BCUT2D eigenvalue weighted by Gasteiger charge is -2.28. The molecule has 23 heavy (non-hydrogen) atoms. The third-order valence-corrected chi connectivity index (χ3v) is 4.48. The van der Waals surface area contributed by atoms with Gasteiger partial charge in [-0.15, -0.1) is 0 Å². The number of benzene rings is 1. The molecule has 0 bridgehead atoms. The van der Waals surface area contributed by atoms with Gasteiger partial charge in [0.05, 0.1) is 11.4 Å². The minimum atomic E-state index is -0.938. The van der Waals surface area contributed by atoms with E-state index in [4.69, 9.17) is 5.84 Å². The second kappa shape index (κ2) is 5.79. The Labute approximate surface area is 135 Å². The fraction of sp³-hybridized carbons (Fsp3) is 0.412. The molecule has 4 N–H and O–H groups in total. The monoisotopic (exact) mass is 314 g/mol. The molecule has 1 aliphatic rings. The summed E-state index contributed by atoms with van der Waals surface area (Å²) in [6, 6.07) is 7.59. The number of rotatable bonds is 4. The molecule has 0 radical (unpaired) electrons. The van der Waals surface area contributed by atoms with Crippen LogP contribution in [0.15, 0.2) is 24.3 Å². The van der Waals surface area contributed by atoms with Gasteiger partial charge in [-0.3, -0.25) is 11.3 Å². The smallest absolute Gasteiger partial charge is 0.354 e. The van der Waals surface area contributed by atoms with Gasteiger partial charge in [0.2, 0.25) is 0 Å². The highest BCUT2D eigenvalue weighted by Gasteiger charge is 2.33. The number of hydrogen-bond acceptors (Lipinski definition) is 4. The van der Waals surface area contributed by atoms with E-state index in [1.54, 1.807) is 4.68 Å². The summed E-state index contributed by atoms with van der Waals surface area (Å²) < 4.78 is 1.57. The molecule has 0 spiro atoms. The van der Waals surface area contributed by atoms with Gasteiger partial charge in [-0.05, 0) is 36.3 Å². The summed E-state index contributed by atoms with van der Waals surface area (Å²) in [7, 11) is 0. The van der Waals surface area contributed by atoms with E-state index in [1.165, 1.54) is 0 Å². The highest BCUT2D eigenvalue weighted by molar-refractivity contribution is 5.88. The van der Waals surface area contributed by atoms with E-state index in [1.807, 2.05) is 24.3 Å². The maximum absolute atomic E-state index is 11.9. The average Bonchev–Trinajstić information content (AvgIpc) is 2.85. The van der Waals surface area contributed by atoms with Crippen LogP contribution in [0.25, 0.3) is 5.69 Å². The fourth-order valence-corrected chi connectivity index (χ4v) is 3.28. The van der Waals surface area contributed by atoms with Gasteiger partial charge in [0.1, 0.15) is 0 Å². The summed E-state index contributed by atoms with van der Waals surface area (Å²) in [5.74, 6) is 4.50. The van der Waals surface area contributed by atoms with Crippen LogP contribution in [0.5, 0.6) is 0 Å². The lowest BCUT2D eigenvalue weighted by Crippen LogP contribution is -2.23. The normalized spacial score (nSPS) is 16.1. The number of aromatic nitrogens is 2. The van der Waals surface area contributed by atoms with Crippen LogP contribution < -0.4 is 11.3 Å². The number of nitrogens with one attached hydrogen (secondary N) is 1. The first-order valence-corrected chi connectivity index (χ1v) is 7.79. The van der Waals surface area contributed by atoms with Crippen LogP contribution in [0.1, 0.15) is 47.6 Å². The molecular weight excluding hydrogens is 292 g/mol. The minimum Gasteiger partial charge on any atom is -0.476 e. The Hall–Kier alpha value is -2.18. The van der Waals surface area contributed by atoms with Crippen molar-refractivity contribution in [2.24, 2.45) is 11.3 Å². The van der Waals surface area contributed by atoms with Crippen LogP contribution in [0, 0.1) is 5.41 Å².